The van der Waals surface area contributed by atoms with Crippen LogP contribution in [-0.2, 0) is 0 Å². The highest BCUT2D eigenvalue weighted by Crippen LogP contribution is 2.02. The molecule has 0 heterocycles. The van der Waals surface area contributed by atoms with E-state index in [-0.39, 0.29) is 0 Å². The number of rotatable bonds is 3. The molecular formula is C7H13N. The van der Waals surface area contributed by atoms with Crippen molar-refractivity contribution in [2.24, 2.45) is 5.73 Å². The van der Waals surface area contributed by atoms with E-state index in [1.165, 1.54) is 0 Å². The Morgan fingerprint density at radius 3 is 2.00 bits per heavy atom. The van der Waals surface area contributed by atoms with Crippen molar-refractivity contribution >= 4 is 0 Å². The lowest BCUT2D eigenvalue weighted by Gasteiger charge is -1.96. The van der Waals surface area contributed by atoms with E-state index in [1.807, 2.05) is 6.92 Å². The zero-order valence-electron chi connectivity index (χ0n) is 5.41. The normalized spacial score (nSPS) is 8.62. The van der Waals surface area contributed by atoms with E-state index in [9.17, 15) is 0 Å². The third-order valence-corrected chi connectivity index (χ3v) is 0.873. The first-order chi connectivity index (χ1) is 3.63. The third kappa shape index (κ3) is 5.28. The molecule has 2 N–H and O–H groups in total. The molecular weight excluding hydrogens is 98.1 g/mol. The molecule has 0 amide bonds. The molecule has 0 spiro atoms. The lowest BCUT2D eigenvalue weighted by Crippen LogP contribution is -1.93. The number of hydrogen-bond acceptors (Lipinski definition) is 1. The Labute approximate surface area is 50.9 Å². The average molecular weight is 111 g/mol. The summed E-state index contributed by atoms with van der Waals surface area (Å²) in [5.41, 5.74) is 7.21. The highest BCUT2D eigenvalue weighted by atomic mass is 14.5. The van der Waals surface area contributed by atoms with Crippen LogP contribution in [0.25, 0.3) is 0 Å². The quantitative estimate of drug-likeness (QED) is 0.552. The van der Waals surface area contributed by atoms with Gasteiger partial charge in [0.15, 0.2) is 0 Å². The topological polar surface area (TPSA) is 26.0 Å². The van der Waals surface area contributed by atoms with Crippen molar-refractivity contribution in [3.8, 4) is 0 Å². The fourth-order valence-electron chi connectivity index (χ4n) is 0.374. The maximum absolute atomic E-state index is 5.31. The Hall–Kier alpha value is -0.720. The third-order valence-electron chi connectivity index (χ3n) is 0.873. The van der Waals surface area contributed by atoms with E-state index in [0.29, 0.717) is 0 Å². The summed E-state index contributed by atoms with van der Waals surface area (Å²) in [6, 6.07) is 0. The second kappa shape index (κ2) is 3.30. The predicted molar refractivity (Wildman–Crippen MR) is 37.4 cm³/mol. The van der Waals surface area contributed by atoms with E-state index in [0.717, 1.165) is 24.1 Å². The summed E-state index contributed by atoms with van der Waals surface area (Å²) in [6.45, 7) is 9.28. The zero-order chi connectivity index (χ0) is 6.57. The molecule has 8 heavy (non-hydrogen) atoms. The first-order valence-corrected chi connectivity index (χ1v) is 2.70. The van der Waals surface area contributed by atoms with E-state index in [4.69, 9.17) is 5.73 Å². The molecule has 0 radical (unpaired) electrons. The Bertz CT molecular complexity index is 89.0. The molecule has 0 aliphatic rings. The summed E-state index contributed by atoms with van der Waals surface area (Å²) in [4.78, 5) is 0. The van der Waals surface area contributed by atoms with E-state index in [1.54, 1.807) is 0 Å². The van der Waals surface area contributed by atoms with Gasteiger partial charge in [-0.15, -0.1) is 6.58 Å². The van der Waals surface area contributed by atoms with Crippen LogP contribution in [0.15, 0.2) is 24.4 Å². The maximum atomic E-state index is 5.31. The monoisotopic (exact) mass is 111 g/mol. The molecule has 0 rings (SSSR count). The molecule has 0 saturated heterocycles. The van der Waals surface area contributed by atoms with Crippen LogP contribution in [0, 0.1) is 0 Å². The number of allylic oxidation sites excluding steroid dienone is 2. The Morgan fingerprint density at radius 1 is 1.38 bits per heavy atom. The van der Waals surface area contributed by atoms with Gasteiger partial charge in [0.2, 0.25) is 0 Å². The van der Waals surface area contributed by atoms with E-state index in [2.05, 4.69) is 13.2 Å². The summed E-state index contributed by atoms with van der Waals surface area (Å²) >= 11 is 0. The van der Waals surface area contributed by atoms with Crippen LogP contribution in [0.3, 0.4) is 0 Å². The maximum Gasteiger partial charge on any atom is 0.00106 e. The van der Waals surface area contributed by atoms with Crippen molar-refractivity contribution in [2.75, 3.05) is 0 Å². The van der Waals surface area contributed by atoms with Crippen molar-refractivity contribution in [1.82, 2.24) is 0 Å². The SMILES string of the molecule is C=C(C)CCC(=C)N. The summed E-state index contributed by atoms with van der Waals surface area (Å²) in [6.07, 6.45) is 1.84. The smallest absolute Gasteiger partial charge is 0.00106 e. The van der Waals surface area contributed by atoms with Gasteiger partial charge >= 0.3 is 0 Å². The lowest BCUT2D eigenvalue weighted by atomic mass is 10.2. The van der Waals surface area contributed by atoms with Gasteiger partial charge in [-0.2, -0.15) is 0 Å². The molecule has 1 nitrogen and oxygen atoms in total. The second-order valence-corrected chi connectivity index (χ2v) is 2.12. The van der Waals surface area contributed by atoms with Gasteiger partial charge in [0.25, 0.3) is 0 Å². The minimum Gasteiger partial charge on any atom is -0.403 e. The molecule has 0 aromatic heterocycles. The van der Waals surface area contributed by atoms with Gasteiger partial charge in [-0.25, -0.2) is 0 Å². The molecule has 0 aromatic rings. The van der Waals surface area contributed by atoms with Gasteiger partial charge in [0.1, 0.15) is 0 Å². The van der Waals surface area contributed by atoms with Gasteiger partial charge in [-0.05, 0) is 19.8 Å². The molecule has 0 unspecified atom stereocenters. The number of hydrogen-bond donors (Lipinski definition) is 1. The van der Waals surface area contributed by atoms with Crippen LogP contribution in [0.1, 0.15) is 19.8 Å². The van der Waals surface area contributed by atoms with Crippen LogP contribution in [0.5, 0.6) is 0 Å². The standard InChI is InChI=1S/C7H13N/c1-6(2)4-5-7(3)8/h1,3-5,8H2,2H3. The van der Waals surface area contributed by atoms with Crippen molar-refractivity contribution in [1.29, 1.82) is 0 Å². The minimum absolute atomic E-state index is 0.744. The Morgan fingerprint density at radius 2 is 1.88 bits per heavy atom. The molecule has 0 bridgehead atoms. The molecule has 0 fully saturated rings. The minimum atomic E-state index is 0.744. The fourth-order valence-corrected chi connectivity index (χ4v) is 0.374. The van der Waals surface area contributed by atoms with Crippen LogP contribution in [-0.4, -0.2) is 0 Å². The van der Waals surface area contributed by atoms with Crippen LogP contribution < -0.4 is 5.73 Å². The van der Waals surface area contributed by atoms with Crippen molar-refractivity contribution < 1.29 is 0 Å². The molecule has 0 atom stereocenters. The molecule has 46 valence electrons. The van der Waals surface area contributed by atoms with Crippen LogP contribution in [0.2, 0.25) is 0 Å². The molecule has 0 aliphatic heterocycles. The van der Waals surface area contributed by atoms with Crippen LogP contribution >= 0.6 is 0 Å². The predicted octanol–water partition coefficient (Wildman–Crippen LogP) is 1.82. The van der Waals surface area contributed by atoms with Gasteiger partial charge in [-0.1, -0.05) is 12.2 Å². The summed E-state index contributed by atoms with van der Waals surface area (Å²) in [5, 5.41) is 0. The Balaban J connectivity index is 3.18. The van der Waals surface area contributed by atoms with Crippen LogP contribution in [0.4, 0.5) is 0 Å². The van der Waals surface area contributed by atoms with Gasteiger partial charge in [0.05, 0.1) is 0 Å². The van der Waals surface area contributed by atoms with Gasteiger partial charge in [0, 0.05) is 5.70 Å². The zero-order valence-corrected chi connectivity index (χ0v) is 5.41. The first-order valence-electron chi connectivity index (χ1n) is 2.70. The largest absolute Gasteiger partial charge is 0.403 e. The average Bonchev–Trinajstić information content (AvgIpc) is 1.61. The first kappa shape index (κ1) is 7.28. The summed E-state index contributed by atoms with van der Waals surface area (Å²) < 4.78 is 0. The van der Waals surface area contributed by atoms with Gasteiger partial charge < -0.3 is 5.73 Å². The van der Waals surface area contributed by atoms with E-state index < -0.39 is 0 Å². The van der Waals surface area contributed by atoms with Crippen molar-refractivity contribution in [2.45, 2.75) is 19.8 Å². The summed E-state index contributed by atoms with van der Waals surface area (Å²) in [7, 11) is 0. The van der Waals surface area contributed by atoms with Gasteiger partial charge in [-0.3, -0.25) is 0 Å². The molecule has 0 aliphatic carbocycles. The highest BCUT2D eigenvalue weighted by Gasteiger charge is 1.86. The molecule has 0 aromatic carbocycles. The lowest BCUT2D eigenvalue weighted by molar-refractivity contribution is 0.920. The molecule has 0 saturated carbocycles. The highest BCUT2D eigenvalue weighted by molar-refractivity contribution is 4.95. The molecule has 1 heteroatoms. The van der Waals surface area contributed by atoms with Crippen molar-refractivity contribution in [3.63, 3.8) is 0 Å². The van der Waals surface area contributed by atoms with E-state index >= 15 is 0 Å². The van der Waals surface area contributed by atoms with Crippen molar-refractivity contribution in [3.05, 3.63) is 24.4 Å². The second-order valence-electron chi connectivity index (χ2n) is 2.12. The summed E-state index contributed by atoms with van der Waals surface area (Å²) in [5.74, 6) is 0. The fraction of sp³-hybridized carbons (Fsp3) is 0.429. The Kier molecular flexibility index (Phi) is 3.01. The number of nitrogens with two attached hydrogens (primary N) is 1.